The number of phenolic OH excluding ortho intramolecular Hbond substituents is 1. The van der Waals surface area contributed by atoms with E-state index < -0.39 is 14.1 Å². The van der Waals surface area contributed by atoms with Gasteiger partial charge in [0.05, 0.1) is 35.0 Å². The second-order valence-corrected chi connectivity index (χ2v) is 4.13. The number of methoxy groups -OCH3 is 3. The number of aromatic hydroxyl groups is 1. The molecule has 0 heterocycles. The molecule has 0 aromatic heterocycles. The molecule has 0 atom stereocenters. The second-order valence-electron chi connectivity index (χ2n) is 4.13. The molecule has 2 rings (SSSR count). The van der Waals surface area contributed by atoms with Gasteiger partial charge in [0, 0.05) is 11.6 Å². The first-order valence-corrected chi connectivity index (χ1v) is 6.05. The molecular formula is C17H18O4. The summed E-state index contributed by atoms with van der Waals surface area (Å²) in [5.74, 6) is 0.261. The summed E-state index contributed by atoms with van der Waals surface area (Å²) < 4.78 is 58.8. The maximum absolute atomic E-state index is 9.53. The van der Waals surface area contributed by atoms with Crippen LogP contribution in [0.3, 0.4) is 0 Å². The summed E-state index contributed by atoms with van der Waals surface area (Å²) in [5, 5.41) is 9.53. The minimum absolute atomic E-state index is 0.0153. The number of benzene rings is 2. The van der Waals surface area contributed by atoms with Crippen LogP contribution in [0.2, 0.25) is 0 Å². The Kier molecular flexibility index (Phi) is 2.75. The van der Waals surface area contributed by atoms with E-state index in [9.17, 15) is 5.11 Å². The average Bonchev–Trinajstić information content (AvgIpc) is 2.52. The standard InChI is InChI=1S/C17H18O4/c1-19-15-5-4-6-16(20-2)14(15)10-8-12-7-9-13(18)11-17(12)21-3/h4-11,18H,1-3H3/b10-8+/i1D3,2D3. The average molecular weight is 292 g/mol. The van der Waals surface area contributed by atoms with Crippen LogP contribution < -0.4 is 14.2 Å². The molecule has 0 saturated carbocycles. The van der Waals surface area contributed by atoms with Gasteiger partial charge in [0.25, 0.3) is 0 Å². The molecule has 4 heteroatoms. The molecule has 0 spiro atoms. The van der Waals surface area contributed by atoms with Crippen LogP contribution in [0.4, 0.5) is 0 Å². The highest BCUT2D eigenvalue weighted by Crippen LogP contribution is 2.31. The highest BCUT2D eigenvalue weighted by atomic mass is 16.5. The Labute approximate surface area is 132 Å². The van der Waals surface area contributed by atoms with Gasteiger partial charge in [0.1, 0.15) is 23.0 Å². The second kappa shape index (κ2) is 6.70. The fraction of sp³-hybridized carbons (Fsp3) is 0.176. The van der Waals surface area contributed by atoms with E-state index in [2.05, 4.69) is 0 Å². The van der Waals surface area contributed by atoms with Crippen LogP contribution in [-0.2, 0) is 0 Å². The van der Waals surface area contributed by atoms with Crippen LogP contribution in [0.15, 0.2) is 36.4 Å². The number of hydrogen-bond donors (Lipinski definition) is 1. The van der Waals surface area contributed by atoms with E-state index in [4.69, 9.17) is 22.4 Å². The monoisotopic (exact) mass is 292 g/mol. The molecule has 0 unspecified atom stereocenters. The molecule has 110 valence electrons. The lowest BCUT2D eigenvalue weighted by Gasteiger charge is -2.10. The van der Waals surface area contributed by atoms with Gasteiger partial charge in [-0.05, 0) is 30.3 Å². The first-order valence-electron chi connectivity index (χ1n) is 9.05. The van der Waals surface area contributed by atoms with Crippen LogP contribution in [0, 0.1) is 0 Å². The van der Waals surface area contributed by atoms with Gasteiger partial charge in [-0.3, -0.25) is 0 Å². The van der Waals surface area contributed by atoms with E-state index in [-0.39, 0.29) is 22.8 Å². The minimum Gasteiger partial charge on any atom is -0.508 e. The van der Waals surface area contributed by atoms with Crippen LogP contribution in [0.5, 0.6) is 23.0 Å². The molecule has 0 aliphatic rings. The Balaban J connectivity index is 2.51. The molecule has 0 aliphatic heterocycles. The maximum atomic E-state index is 9.53. The van der Waals surface area contributed by atoms with Crippen molar-refractivity contribution in [3.05, 3.63) is 47.5 Å². The summed E-state index contributed by atoms with van der Waals surface area (Å²) in [4.78, 5) is 0. The molecule has 0 aliphatic carbocycles. The highest BCUT2D eigenvalue weighted by Gasteiger charge is 2.07. The maximum Gasteiger partial charge on any atom is 0.129 e. The van der Waals surface area contributed by atoms with E-state index in [1.807, 2.05) is 0 Å². The van der Waals surface area contributed by atoms with Crippen molar-refractivity contribution in [3.63, 3.8) is 0 Å². The Morgan fingerprint density at radius 2 is 1.67 bits per heavy atom. The molecule has 2 aromatic rings. The van der Waals surface area contributed by atoms with Gasteiger partial charge >= 0.3 is 0 Å². The van der Waals surface area contributed by atoms with Crippen molar-refractivity contribution < 1.29 is 27.5 Å². The Morgan fingerprint density at radius 1 is 0.952 bits per heavy atom. The first kappa shape index (κ1) is 8.62. The highest BCUT2D eigenvalue weighted by molar-refractivity contribution is 5.78. The Bertz CT molecular complexity index is 793. The van der Waals surface area contributed by atoms with Crippen LogP contribution >= 0.6 is 0 Å². The first-order chi connectivity index (χ1) is 12.5. The lowest BCUT2D eigenvalue weighted by atomic mass is 10.1. The number of hydrogen-bond acceptors (Lipinski definition) is 4. The third-order valence-electron chi connectivity index (χ3n) is 2.89. The minimum atomic E-state index is -2.72. The zero-order valence-electron chi connectivity index (χ0n) is 17.3. The molecule has 4 nitrogen and oxygen atoms in total. The summed E-state index contributed by atoms with van der Waals surface area (Å²) in [6, 6.07) is 8.67. The normalized spacial score (nSPS) is 16.0. The van der Waals surface area contributed by atoms with Crippen molar-refractivity contribution in [2.75, 3.05) is 21.2 Å². The van der Waals surface area contributed by atoms with E-state index in [0.717, 1.165) is 0 Å². The van der Waals surface area contributed by atoms with Crippen LogP contribution in [0.1, 0.15) is 19.4 Å². The lowest BCUT2D eigenvalue weighted by Crippen LogP contribution is -1.92. The fourth-order valence-corrected chi connectivity index (χ4v) is 1.88. The van der Waals surface area contributed by atoms with Crippen molar-refractivity contribution in [2.24, 2.45) is 0 Å². The molecule has 1 N–H and O–H groups in total. The predicted molar refractivity (Wildman–Crippen MR) is 83.1 cm³/mol. The number of ether oxygens (including phenoxy) is 3. The van der Waals surface area contributed by atoms with E-state index in [1.54, 1.807) is 12.1 Å². The third-order valence-corrected chi connectivity index (χ3v) is 2.89. The van der Waals surface area contributed by atoms with Crippen molar-refractivity contribution >= 4 is 12.2 Å². The van der Waals surface area contributed by atoms with Crippen molar-refractivity contribution in [3.8, 4) is 23.0 Å². The van der Waals surface area contributed by atoms with Gasteiger partial charge in [0.2, 0.25) is 0 Å². The SMILES string of the molecule is [2H]C([2H])([2H])Oc1cccc(OC([2H])([2H])[2H])c1/C=C/c1ccc(O)cc1OC. The summed E-state index contributed by atoms with van der Waals surface area (Å²) in [6.45, 7) is 0. The Hall–Kier alpha value is -2.62. The molecule has 0 fully saturated rings. The van der Waals surface area contributed by atoms with E-state index in [1.165, 1.54) is 43.5 Å². The van der Waals surface area contributed by atoms with Gasteiger partial charge in [0.15, 0.2) is 0 Å². The van der Waals surface area contributed by atoms with E-state index >= 15 is 0 Å². The van der Waals surface area contributed by atoms with Gasteiger partial charge in [-0.25, -0.2) is 0 Å². The fourth-order valence-electron chi connectivity index (χ4n) is 1.88. The topological polar surface area (TPSA) is 47.9 Å². The zero-order chi connectivity index (χ0) is 20.2. The van der Waals surface area contributed by atoms with Crippen molar-refractivity contribution in [1.82, 2.24) is 0 Å². The molecule has 0 bridgehead atoms. The van der Waals surface area contributed by atoms with Gasteiger partial charge in [-0.1, -0.05) is 12.1 Å². The Morgan fingerprint density at radius 3 is 2.29 bits per heavy atom. The quantitative estimate of drug-likeness (QED) is 0.856. The molecule has 0 saturated heterocycles. The zero-order valence-corrected chi connectivity index (χ0v) is 11.3. The van der Waals surface area contributed by atoms with Crippen LogP contribution in [-0.4, -0.2) is 26.3 Å². The number of phenols is 1. The molecule has 0 radical (unpaired) electrons. The summed E-state index contributed by atoms with van der Waals surface area (Å²) >= 11 is 0. The molecule has 21 heavy (non-hydrogen) atoms. The van der Waals surface area contributed by atoms with Crippen molar-refractivity contribution in [2.45, 2.75) is 0 Å². The largest absolute Gasteiger partial charge is 0.508 e. The summed E-state index contributed by atoms with van der Waals surface area (Å²) in [7, 11) is -4.02. The van der Waals surface area contributed by atoms with Crippen molar-refractivity contribution in [1.29, 1.82) is 0 Å². The molecule has 2 aromatic carbocycles. The summed E-state index contributed by atoms with van der Waals surface area (Å²) in [6.07, 6.45) is 3.02. The number of rotatable bonds is 5. The smallest absolute Gasteiger partial charge is 0.129 e. The van der Waals surface area contributed by atoms with Crippen LogP contribution in [0.25, 0.3) is 12.2 Å². The third kappa shape index (κ3) is 3.28. The van der Waals surface area contributed by atoms with Gasteiger partial charge < -0.3 is 19.3 Å². The molecule has 0 amide bonds. The van der Waals surface area contributed by atoms with Gasteiger partial charge in [-0.2, -0.15) is 0 Å². The molecular weight excluding hydrogens is 268 g/mol. The summed E-state index contributed by atoms with van der Waals surface area (Å²) in [5.41, 5.74) is 0.707. The predicted octanol–water partition coefficient (Wildman–Crippen LogP) is 3.59. The lowest BCUT2D eigenvalue weighted by molar-refractivity contribution is 0.392. The van der Waals surface area contributed by atoms with E-state index in [0.29, 0.717) is 11.3 Å². The van der Waals surface area contributed by atoms with Gasteiger partial charge in [-0.15, -0.1) is 0 Å².